The van der Waals surface area contributed by atoms with Crippen molar-refractivity contribution in [2.24, 2.45) is 0 Å². The SMILES string of the molecule is Cc1ccsc1CNC(=O)CNC(=O)COc1ccccc1. The largest absolute Gasteiger partial charge is 0.484 e. The molecule has 0 radical (unpaired) electrons. The van der Waals surface area contributed by atoms with E-state index in [4.69, 9.17) is 4.74 Å². The summed E-state index contributed by atoms with van der Waals surface area (Å²) in [4.78, 5) is 24.4. The molecule has 0 fully saturated rings. The Hall–Kier alpha value is -2.34. The second kappa shape index (κ2) is 8.19. The number of benzene rings is 1. The highest BCUT2D eigenvalue weighted by Gasteiger charge is 2.07. The third-order valence-electron chi connectivity index (χ3n) is 2.97. The maximum absolute atomic E-state index is 11.7. The van der Waals surface area contributed by atoms with Gasteiger partial charge in [-0.25, -0.2) is 0 Å². The molecule has 2 rings (SSSR count). The Morgan fingerprint density at radius 2 is 1.86 bits per heavy atom. The molecule has 0 aliphatic rings. The van der Waals surface area contributed by atoms with Crippen LogP contribution in [0.4, 0.5) is 0 Å². The van der Waals surface area contributed by atoms with Gasteiger partial charge in [-0.1, -0.05) is 18.2 Å². The minimum absolute atomic E-state index is 0.0542. The summed E-state index contributed by atoms with van der Waals surface area (Å²) in [5.74, 6) is 0.0717. The summed E-state index contributed by atoms with van der Waals surface area (Å²) in [5.41, 5.74) is 1.16. The lowest BCUT2D eigenvalue weighted by Gasteiger charge is -2.08. The molecule has 1 aromatic heterocycles. The average Bonchev–Trinajstić information content (AvgIpc) is 2.95. The Morgan fingerprint density at radius 3 is 2.55 bits per heavy atom. The summed E-state index contributed by atoms with van der Waals surface area (Å²) in [6.45, 7) is 2.32. The normalized spacial score (nSPS) is 10.0. The molecule has 0 saturated carbocycles. The van der Waals surface area contributed by atoms with Crippen LogP contribution in [0.25, 0.3) is 0 Å². The zero-order valence-electron chi connectivity index (χ0n) is 12.3. The molecule has 5 nitrogen and oxygen atoms in total. The predicted octanol–water partition coefficient (Wildman–Crippen LogP) is 1.87. The molecule has 2 N–H and O–H groups in total. The number of carbonyl (C=O) groups is 2. The van der Waals surface area contributed by atoms with Crippen LogP contribution in [0.3, 0.4) is 0 Å². The fraction of sp³-hybridized carbons (Fsp3) is 0.250. The zero-order valence-corrected chi connectivity index (χ0v) is 13.1. The van der Waals surface area contributed by atoms with Crippen molar-refractivity contribution in [3.05, 3.63) is 52.2 Å². The first-order valence-corrected chi connectivity index (χ1v) is 7.77. The highest BCUT2D eigenvalue weighted by molar-refractivity contribution is 7.10. The van der Waals surface area contributed by atoms with Crippen LogP contribution < -0.4 is 15.4 Å². The van der Waals surface area contributed by atoms with Gasteiger partial charge in [0.25, 0.3) is 5.91 Å². The van der Waals surface area contributed by atoms with Crippen molar-refractivity contribution in [2.75, 3.05) is 13.2 Å². The van der Waals surface area contributed by atoms with Crippen LogP contribution in [0.2, 0.25) is 0 Å². The van der Waals surface area contributed by atoms with E-state index in [9.17, 15) is 9.59 Å². The highest BCUT2D eigenvalue weighted by atomic mass is 32.1. The number of ether oxygens (including phenoxy) is 1. The number of aryl methyl sites for hydroxylation is 1. The number of carbonyl (C=O) groups excluding carboxylic acids is 2. The Morgan fingerprint density at radius 1 is 1.09 bits per heavy atom. The molecule has 0 spiro atoms. The zero-order chi connectivity index (χ0) is 15.8. The quantitative estimate of drug-likeness (QED) is 0.819. The minimum Gasteiger partial charge on any atom is -0.484 e. The first-order valence-electron chi connectivity index (χ1n) is 6.89. The van der Waals surface area contributed by atoms with Crippen molar-refractivity contribution >= 4 is 23.2 Å². The lowest BCUT2D eigenvalue weighted by atomic mass is 10.3. The number of nitrogens with one attached hydrogen (secondary N) is 2. The van der Waals surface area contributed by atoms with Crippen LogP contribution >= 0.6 is 11.3 Å². The number of para-hydroxylation sites is 1. The number of rotatable bonds is 7. The minimum atomic E-state index is -0.327. The lowest BCUT2D eigenvalue weighted by Crippen LogP contribution is -2.38. The fourth-order valence-electron chi connectivity index (χ4n) is 1.72. The van der Waals surface area contributed by atoms with Crippen LogP contribution in [0, 0.1) is 6.92 Å². The van der Waals surface area contributed by atoms with E-state index in [0.717, 1.165) is 10.4 Å². The third kappa shape index (κ3) is 5.21. The first kappa shape index (κ1) is 16.0. The van der Waals surface area contributed by atoms with Crippen molar-refractivity contribution in [3.63, 3.8) is 0 Å². The van der Waals surface area contributed by atoms with Crippen LogP contribution in [0.15, 0.2) is 41.8 Å². The van der Waals surface area contributed by atoms with E-state index in [1.54, 1.807) is 23.5 Å². The third-order valence-corrected chi connectivity index (χ3v) is 4.00. The predicted molar refractivity (Wildman–Crippen MR) is 85.8 cm³/mol. The first-order chi connectivity index (χ1) is 10.6. The standard InChI is InChI=1S/C16H18N2O3S/c1-12-7-8-22-14(12)9-17-15(19)10-18-16(20)11-21-13-5-3-2-4-6-13/h2-8H,9-11H2,1H3,(H,17,19)(H,18,20). The van der Waals surface area contributed by atoms with Crippen LogP contribution in [-0.2, 0) is 16.1 Å². The maximum atomic E-state index is 11.7. The number of hydrogen-bond acceptors (Lipinski definition) is 4. The molecule has 0 aliphatic carbocycles. The van der Waals surface area contributed by atoms with Gasteiger partial charge in [0.1, 0.15) is 5.75 Å². The molecule has 2 aromatic rings. The smallest absolute Gasteiger partial charge is 0.258 e. The Labute approximate surface area is 133 Å². The molecule has 116 valence electrons. The van der Waals surface area contributed by atoms with Gasteiger partial charge in [0.05, 0.1) is 13.1 Å². The van der Waals surface area contributed by atoms with Gasteiger partial charge in [-0.15, -0.1) is 11.3 Å². The molecule has 6 heteroatoms. The molecule has 0 aliphatic heterocycles. The molecule has 1 heterocycles. The molecular formula is C16H18N2O3S. The Bertz CT molecular complexity index is 625. The van der Waals surface area contributed by atoms with Gasteiger partial charge in [-0.3, -0.25) is 9.59 Å². The second-order valence-electron chi connectivity index (χ2n) is 4.68. The lowest BCUT2D eigenvalue weighted by molar-refractivity contribution is -0.127. The molecule has 0 atom stereocenters. The molecule has 0 bridgehead atoms. The van der Waals surface area contributed by atoms with Crippen molar-refractivity contribution in [2.45, 2.75) is 13.5 Å². The summed E-state index contributed by atoms with van der Waals surface area (Å²) in [7, 11) is 0. The van der Waals surface area contributed by atoms with Gasteiger partial charge in [-0.05, 0) is 36.1 Å². The van der Waals surface area contributed by atoms with E-state index >= 15 is 0 Å². The number of amides is 2. The van der Waals surface area contributed by atoms with Crippen molar-refractivity contribution in [1.29, 1.82) is 0 Å². The average molecular weight is 318 g/mol. The molecule has 0 saturated heterocycles. The van der Waals surface area contributed by atoms with Crippen LogP contribution in [-0.4, -0.2) is 25.0 Å². The van der Waals surface area contributed by atoms with Gasteiger partial charge in [0.15, 0.2) is 6.61 Å². The topological polar surface area (TPSA) is 67.4 Å². The van der Waals surface area contributed by atoms with Crippen molar-refractivity contribution in [1.82, 2.24) is 10.6 Å². The van der Waals surface area contributed by atoms with Gasteiger partial charge in [0.2, 0.25) is 5.91 Å². The Kier molecular flexibility index (Phi) is 5.97. The number of hydrogen-bond donors (Lipinski definition) is 2. The summed E-state index contributed by atoms with van der Waals surface area (Å²) < 4.78 is 5.29. The second-order valence-corrected chi connectivity index (χ2v) is 5.68. The molecule has 2 amide bonds. The fourth-order valence-corrected chi connectivity index (χ4v) is 2.57. The van der Waals surface area contributed by atoms with E-state index in [1.165, 1.54) is 0 Å². The molecular weight excluding hydrogens is 300 g/mol. The summed E-state index contributed by atoms with van der Waals surface area (Å²) in [5, 5.41) is 7.28. The maximum Gasteiger partial charge on any atom is 0.258 e. The van der Waals surface area contributed by atoms with E-state index in [0.29, 0.717) is 12.3 Å². The molecule has 1 aromatic carbocycles. The van der Waals surface area contributed by atoms with E-state index < -0.39 is 0 Å². The summed E-state index contributed by atoms with van der Waals surface area (Å²) in [6, 6.07) is 11.1. The van der Waals surface area contributed by atoms with E-state index in [-0.39, 0.29) is 25.0 Å². The number of thiophene rings is 1. The molecule has 22 heavy (non-hydrogen) atoms. The van der Waals surface area contributed by atoms with E-state index in [1.807, 2.05) is 36.6 Å². The van der Waals surface area contributed by atoms with Gasteiger partial charge in [0, 0.05) is 4.88 Å². The van der Waals surface area contributed by atoms with Gasteiger partial charge in [-0.2, -0.15) is 0 Å². The van der Waals surface area contributed by atoms with Crippen LogP contribution in [0.1, 0.15) is 10.4 Å². The summed E-state index contributed by atoms with van der Waals surface area (Å²) in [6.07, 6.45) is 0. The van der Waals surface area contributed by atoms with Crippen molar-refractivity contribution < 1.29 is 14.3 Å². The Balaban J connectivity index is 1.63. The van der Waals surface area contributed by atoms with E-state index in [2.05, 4.69) is 10.6 Å². The monoisotopic (exact) mass is 318 g/mol. The van der Waals surface area contributed by atoms with Crippen LogP contribution in [0.5, 0.6) is 5.75 Å². The highest BCUT2D eigenvalue weighted by Crippen LogP contribution is 2.14. The van der Waals surface area contributed by atoms with Gasteiger partial charge < -0.3 is 15.4 Å². The summed E-state index contributed by atoms with van der Waals surface area (Å²) >= 11 is 1.60. The van der Waals surface area contributed by atoms with Crippen molar-refractivity contribution in [3.8, 4) is 5.75 Å². The molecule has 0 unspecified atom stereocenters. The van der Waals surface area contributed by atoms with Gasteiger partial charge >= 0.3 is 0 Å².